The molecule has 8 rings (SSSR count). The Balaban J connectivity index is 1.20. The molecular formula is C37H35F3N6O6. The van der Waals surface area contributed by atoms with Crippen molar-refractivity contribution in [3.8, 4) is 35.4 Å². The summed E-state index contributed by atoms with van der Waals surface area (Å²) in [5, 5.41) is 11.4. The maximum Gasteiger partial charge on any atom is 0.413 e. The molecule has 4 saturated heterocycles. The molecule has 4 atom stereocenters. The molecule has 4 fully saturated rings. The molecule has 2 aromatic heterocycles. The van der Waals surface area contributed by atoms with Crippen molar-refractivity contribution in [1.29, 1.82) is 0 Å². The number of phenols is 1. The Labute approximate surface area is 296 Å². The van der Waals surface area contributed by atoms with Crippen molar-refractivity contribution in [2.75, 3.05) is 44.5 Å². The molecule has 2 aromatic carbocycles. The minimum Gasteiger partial charge on any atom is -0.508 e. The Morgan fingerprint density at radius 2 is 1.90 bits per heavy atom. The summed E-state index contributed by atoms with van der Waals surface area (Å²) in [6, 6.07) is 4.62. The van der Waals surface area contributed by atoms with Crippen molar-refractivity contribution < 1.29 is 42.1 Å². The number of amides is 1. The third-order valence-electron chi connectivity index (χ3n) is 10.8. The van der Waals surface area contributed by atoms with Crippen molar-refractivity contribution in [2.45, 2.75) is 62.8 Å². The zero-order chi connectivity index (χ0) is 36.3. The third-order valence-corrected chi connectivity index (χ3v) is 10.8. The number of anilines is 1. The highest BCUT2D eigenvalue weighted by molar-refractivity contribution is 6.03. The van der Waals surface area contributed by atoms with Crippen LogP contribution in [-0.4, -0.2) is 105 Å². The predicted molar refractivity (Wildman–Crippen MR) is 182 cm³/mol. The van der Waals surface area contributed by atoms with Gasteiger partial charge in [0.05, 0.1) is 28.6 Å². The number of halogens is 3. The summed E-state index contributed by atoms with van der Waals surface area (Å²) in [5.41, 5.74) is -0.907. The van der Waals surface area contributed by atoms with Crippen LogP contribution in [0.3, 0.4) is 0 Å². The number of benzene rings is 2. The molecule has 4 aromatic rings. The number of rotatable bonds is 7. The highest BCUT2D eigenvalue weighted by atomic mass is 19.1. The molecule has 15 heteroatoms. The molecular weight excluding hydrogens is 681 g/mol. The van der Waals surface area contributed by atoms with E-state index >= 15 is 4.39 Å². The molecule has 0 unspecified atom stereocenters. The van der Waals surface area contributed by atoms with E-state index in [1.807, 2.05) is 4.90 Å². The zero-order valence-corrected chi connectivity index (χ0v) is 28.3. The molecule has 0 aliphatic carbocycles. The second-order valence-electron chi connectivity index (χ2n) is 13.9. The van der Waals surface area contributed by atoms with Gasteiger partial charge >= 0.3 is 18.1 Å². The van der Waals surface area contributed by atoms with Gasteiger partial charge in [0.2, 0.25) is 6.79 Å². The van der Waals surface area contributed by atoms with E-state index in [9.17, 15) is 23.5 Å². The van der Waals surface area contributed by atoms with Crippen molar-refractivity contribution >= 4 is 39.6 Å². The number of pyridine rings is 1. The highest BCUT2D eigenvalue weighted by Gasteiger charge is 2.50. The van der Waals surface area contributed by atoms with Gasteiger partial charge < -0.3 is 24.2 Å². The van der Waals surface area contributed by atoms with Gasteiger partial charge in [0.15, 0.2) is 5.82 Å². The fraction of sp³-hybridized carbons (Fsp3) is 0.432. The fourth-order valence-electron chi connectivity index (χ4n) is 8.53. The normalized spacial score (nSPS) is 23.9. The lowest BCUT2D eigenvalue weighted by atomic mass is 9.95. The molecule has 52 heavy (non-hydrogen) atoms. The van der Waals surface area contributed by atoms with E-state index in [2.05, 4.69) is 20.8 Å². The molecule has 0 radical (unpaired) electrons. The van der Waals surface area contributed by atoms with Crippen LogP contribution in [0, 0.1) is 24.0 Å². The van der Waals surface area contributed by atoms with Crippen LogP contribution in [0.2, 0.25) is 0 Å². The first-order chi connectivity index (χ1) is 25.0. The van der Waals surface area contributed by atoms with E-state index in [0.29, 0.717) is 50.1 Å². The molecule has 2 bridgehead atoms. The SMILES string of the molecule is C#Cc1c(F)ccc2cc(O)cc(-c3ncc4c(N5C[C@@H]6CC[C@@H](C5)N6C(=O)OCOC(C)=O)nc(OC[C@@]56CCCN5C[C@H](F)C6)nc4c3F)c12. The molecule has 12 nitrogen and oxygen atoms in total. The van der Waals surface area contributed by atoms with E-state index < -0.39 is 42.2 Å². The first kappa shape index (κ1) is 33.8. The molecule has 4 aliphatic heterocycles. The highest BCUT2D eigenvalue weighted by Crippen LogP contribution is 2.42. The second kappa shape index (κ2) is 13.0. The van der Waals surface area contributed by atoms with Crippen LogP contribution in [0.15, 0.2) is 30.5 Å². The summed E-state index contributed by atoms with van der Waals surface area (Å²) in [7, 11) is 0. The molecule has 270 valence electrons. The first-order valence-corrected chi connectivity index (χ1v) is 17.2. The molecule has 4 aliphatic rings. The first-order valence-electron chi connectivity index (χ1n) is 17.2. The van der Waals surface area contributed by atoms with Crippen molar-refractivity contribution in [3.05, 3.63) is 47.7 Å². The van der Waals surface area contributed by atoms with Crippen LogP contribution in [0.4, 0.5) is 23.8 Å². The Bertz CT molecular complexity index is 2150. The molecule has 6 heterocycles. The number of nitrogens with zero attached hydrogens (tertiary/aromatic N) is 6. The van der Waals surface area contributed by atoms with E-state index in [4.69, 9.17) is 25.6 Å². The fourth-order valence-corrected chi connectivity index (χ4v) is 8.53. The lowest BCUT2D eigenvalue weighted by molar-refractivity contribution is -0.149. The average molecular weight is 717 g/mol. The van der Waals surface area contributed by atoms with E-state index in [1.54, 1.807) is 4.90 Å². The summed E-state index contributed by atoms with van der Waals surface area (Å²) in [6.07, 6.45) is 8.83. The number of fused-ring (bicyclic) bond motifs is 5. The number of carbonyl (C=O) groups excluding carboxylic acids is 2. The zero-order valence-electron chi connectivity index (χ0n) is 28.3. The maximum absolute atomic E-state index is 17.0. The number of ether oxygens (including phenoxy) is 3. The lowest BCUT2D eigenvalue weighted by Gasteiger charge is -2.41. The smallest absolute Gasteiger partial charge is 0.413 e. The molecule has 1 N–H and O–H groups in total. The van der Waals surface area contributed by atoms with Gasteiger partial charge in [-0.05, 0) is 55.8 Å². The van der Waals surface area contributed by atoms with Gasteiger partial charge in [-0.3, -0.25) is 19.6 Å². The number of hydrogen-bond acceptors (Lipinski definition) is 11. The molecule has 1 amide bonds. The number of hydrogen-bond donors (Lipinski definition) is 1. The number of aromatic hydroxyl groups is 1. The standard InChI is InChI=1S/C37H35F3N6O6/c1-3-26-29(39)8-5-21-11-25(48)12-27(30(21)26)32-31(40)33-28(14-41-32)34(43-35(42-33)50-18-37-9-4-10-45(37)15-22(38)13-37)44-16-23-6-7-24(17-44)46(23)36(49)52-19-51-20(2)47/h1,5,8,11-12,14,22-24,48H,4,6-7,9-10,13,15-19H2,2H3/t22-,23+,24+,37+/m1/s1. The third kappa shape index (κ3) is 5.75. The number of carbonyl (C=O) groups is 2. The minimum atomic E-state index is -0.981. The van der Waals surface area contributed by atoms with Gasteiger partial charge in [-0.15, -0.1) is 6.42 Å². The maximum atomic E-state index is 17.0. The monoisotopic (exact) mass is 716 g/mol. The van der Waals surface area contributed by atoms with Gasteiger partial charge in [0.1, 0.15) is 41.4 Å². The van der Waals surface area contributed by atoms with Crippen molar-refractivity contribution in [2.24, 2.45) is 0 Å². The summed E-state index contributed by atoms with van der Waals surface area (Å²) in [5.74, 6) is 0.344. The van der Waals surface area contributed by atoms with Crippen molar-refractivity contribution in [1.82, 2.24) is 24.8 Å². The van der Waals surface area contributed by atoms with Gasteiger partial charge in [-0.1, -0.05) is 12.0 Å². The number of terminal acetylenes is 1. The molecule has 0 saturated carbocycles. The largest absolute Gasteiger partial charge is 0.508 e. The van der Waals surface area contributed by atoms with Gasteiger partial charge in [0.25, 0.3) is 0 Å². The van der Waals surface area contributed by atoms with Crippen LogP contribution < -0.4 is 9.64 Å². The summed E-state index contributed by atoms with van der Waals surface area (Å²) >= 11 is 0. The van der Waals surface area contributed by atoms with Gasteiger partial charge in [-0.25, -0.2) is 18.0 Å². The van der Waals surface area contributed by atoms with Crippen LogP contribution >= 0.6 is 0 Å². The number of aromatic nitrogens is 3. The van der Waals surface area contributed by atoms with E-state index in [1.165, 1.54) is 37.4 Å². The summed E-state index contributed by atoms with van der Waals surface area (Å²) in [4.78, 5) is 43.6. The Kier molecular flexibility index (Phi) is 8.44. The van der Waals surface area contributed by atoms with Crippen molar-refractivity contribution in [3.63, 3.8) is 0 Å². The van der Waals surface area contributed by atoms with Gasteiger partial charge in [-0.2, -0.15) is 9.97 Å². The molecule has 0 spiro atoms. The number of phenolic OH excluding ortho intramolecular Hbond substituents is 1. The average Bonchev–Trinajstić information content (AvgIpc) is 3.73. The summed E-state index contributed by atoms with van der Waals surface area (Å²) in [6.45, 7) is 2.54. The second-order valence-corrected chi connectivity index (χ2v) is 13.9. The number of esters is 1. The predicted octanol–water partition coefficient (Wildman–Crippen LogP) is 5.08. The Morgan fingerprint density at radius 3 is 2.65 bits per heavy atom. The van der Waals surface area contributed by atoms with E-state index in [0.717, 1.165) is 19.4 Å². The summed E-state index contributed by atoms with van der Waals surface area (Å²) < 4.78 is 62.7. The van der Waals surface area contributed by atoms with E-state index in [-0.39, 0.29) is 63.6 Å². The Hall–Kier alpha value is -5.36. The number of piperazine rings is 1. The van der Waals surface area contributed by atoms with Crippen LogP contribution in [0.1, 0.15) is 44.6 Å². The quantitative estimate of drug-likeness (QED) is 0.156. The van der Waals surface area contributed by atoms with Gasteiger partial charge in [0, 0.05) is 50.1 Å². The topological polar surface area (TPSA) is 130 Å². The van der Waals surface area contributed by atoms with Crippen LogP contribution in [0.5, 0.6) is 11.8 Å². The number of alkyl halides is 1. The Morgan fingerprint density at radius 1 is 1.12 bits per heavy atom. The minimum absolute atomic E-state index is 0.0730. The lowest BCUT2D eigenvalue weighted by Crippen LogP contribution is -2.56. The van der Waals surface area contributed by atoms with Crippen LogP contribution in [-0.2, 0) is 14.3 Å². The van der Waals surface area contributed by atoms with Crippen LogP contribution in [0.25, 0.3) is 32.9 Å².